The molecular formula is C20H34O4. The van der Waals surface area contributed by atoms with Crippen LogP contribution in [-0.4, -0.2) is 33.5 Å². The highest BCUT2D eigenvalue weighted by atomic mass is 16.4. The van der Waals surface area contributed by atoms with Crippen LogP contribution in [0.3, 0.4) is 0 Å². The van der Waals surface area contributed by atoms with E-state index < -0.39 is 12.1 Å². The normalized spacial score (nSPS) is 14.8. The van der Waals surface area contributed by atoms with Gasteiger partial charge in [-0.05, 0) is 44.9 Å². The zero-order valence-corrected chi connectivity index (χ0v) is 14.9. The van der Waals surface area contributed by atoms with Crippen molar-refractivity contribution in [1.82, 2.24) is 0 Å². The maximum Gasteiger partial charge on any atom is 0.303 e. The average molecular weight is 338 g/mol. The van der Waals surface area contributed by atoms with Gasteiger partial charge in [0.25, 0.3) is 0 Å². The third-order valence-electron chi connectivity index (χ3n) is 3.69. The summed E-state index contributed by atoms with van der Waals surface area (Å²) >= 11 is 0. The van der Waals surface area contributed by atoms with Crippen LogP contribution in [0.1, 0.15) is 71.1 Å². The minimum Gasteiger partial charge on any atom is -0.481 e. The summed E-state index contributed by atoms with van der Waals surface area (Å²) in [5, 5.41) is 28.0. The van der Waals surface area contributed by atoms with E-state index in [2.05, 4.69) is 19.1 Å². The van der Waals surface area contributed by atoms with Gasteiger partial charge in [0.05, 0.1) is 12.2 Å². The largest absolute Gasteiger partial charge is 0.481 e. The molecule has 24 heavy (non-hydrogen) atoms. The van der Waals surface area contributed by atoms with Gasteiger partial charge in [0, 0.05) is 6.42 Å². The van der Waals surface area contributed by atoms with Gasteiger partial charge in [-0.1, -0.05) is 56.2 Å². The summed E-state index contributed by atoms with van der Waals surface area (Å²) in [7, 11) is 0. The van der Waals surface area contributed by atoms with Gasteiger partial charge in [-0.2, -0.15) is 0 Å². The first-order valence-electron chi connectivity index (χ1n) is 9.12. The number of aliphatic carboxylic acids is 1. The number of carboxylic acids is 1. The van der Waals surface area contributed by atoms with Gasteiger partial charge in [0.15, 0.2) is 0 Å². The van der Waals surface area contributed by atoms with Crippen molar-refractivity contribution in [1.29, 1.82) is 0 Å². The second kappa shape index (κ2) is 16.5. The van der Waals surface area contributed by atoms with E-state index in [0.717, 1.165) is 19.3 Å². The van der Waals surface area contributed by atoms with E-state index in [1.54, 1.807) is 12.2 Å². The first-order valence-corrected chi connectivity index (χ1v) is 9.12. The zero-order valence-electron chi connectivity index (χ0n) is 14.9. The van der Waals surface area contributed by atoms with Crippen LogP contribution in [-0.2, 0) is 4.79 Å². The molecule has 4 heteroatoms. The average Bonchev–Trinajstić information content (AvgIpc) is 2.53. The fraction of sp³-hybridized carbons (Fsp3) is 0.650. The van der Waals surface area contributed by atoms with E-state index in [1.807, 2.05) is 12.2 Å². The Hall–Kier alpha value is -1.39. The molecule has 0 spiro atoms. The van der Waals surface area contributed by atoms with Gasteiger partial charge >= 0.3 is 5.97 Å². The topological polar surface area (TPSA) is 77.8 Å². The van der Waals surface area contributed by atoms with Crippen molar-refractivity contribution in [3.05, 3.63) is 36.5 Å². The number of hydrogen-bond donors (Lipinski definition) is 3. The smallest absolute Gasteiger partial charge is 0.303 e. The van der Waals surface area contributed by atoms with Gasteiger partial charge in [0.1, 0.15) is 0 Å². The molecule has 0 saturated heterocycles. The minimum absolute atomic E-state index is 0.0890. The molecule has 0 aromatic rings. The summed E-state index contributed by atoms with van der Waals surface area (Å²) < 4.78 is 0. The van der Waals surface area contributed by atoms with Gasteiger partial charge < -0.3 is 15.3 Å². The highest BCUT2D eigenvalue weighted by Gasteiger charge is 2.01. The second-order valence-electron chi connectivity index (χ2n) is 6.10. The molecule has 138 valence electrons. The van der Waals surface area contributed by atoms with Crippen molar-refractivity contribution in [2.24, 2.45) is 0 Å². The van der Waals surface area contributed by atoms with Gasteiger partial charge in [-0.3, -0.25) is 4.79 Å². The maximum atomic E-state index is 10.4. The third-order valence-corrected chi connectivity index (χ3v) is 3.69. The number of carboxylic acid groups (broad SMARTS) is 1. The summed E-state index contributed by atoms with van der Waals surface area (Å²) in [6.07, 6.45) is 18.6. The van der Waals surface area contributed by atoms with Crippen molar-refractivity contribution in [2.45, 2.75) is 83.3 Å². The highest BCUT2D eigenvalue weighted by molar-refractivity contribution is 5.66. The van der Waals surface area contributed by atoms with Crippen LogP contribution in [0, 0.1) is 0 Å². The molecule has 0 bridgehead atoms. The molecule has 0 aliphatic carbocycles. The number of unbranched alkanes of at least 4 members (excludes halogenated alkanes) is 3. The number of carbonyl (C=O) groups is 1. The molecular weight excluding hydrogens is 304 g/mol. The van der Waals surface area contributed by atoms with Gasteiger partial charge in [0.2, 0.25) is 0 Å². The Balaban J connectivity index is 3.65. The quantitative estimate of drug-likeness (QED) is 0.235. The van der Waals surface area contributed by atoms with E-state index in [0.29, 0.717) is 19.3 Å². The summed E-state index contributed by atoms with van der Waals surface area (Å²) in [5.41, 5.74) is 0. The molecule has 0 aliphatic heterocycles. The maximum absolute atomic E-state index is 10.4. The molecule has 2 atom stereocenters. The van der Waals surface area contributed by atoms with Crippen LogP contribution < -0.4 is 0 Å². The van der Waals surface area contributed by atoms with E-state index in [-0.39, 0.29) is 12.5 Å². The molecule has 0 fully saturated rings. The van der Waals surface area contributed by atoms with Crippen molar-refractivity contribution in [2.75, 3.05) is 0 Å². The summed E-state index contributed by atoms with van der Waals surface area (Å²) in [6.45, 7) is 2.19. The zero-order chi connectivity index (χ0) is 18.0. The predicted octanol–water partition coefficient (Wildman–Crippen LogP) is 4.38. The number of aliphatic hydroxyl groups excluding tert-OH is 2. The SMILES string of the molecule is CCCCC/C=C\C[C@@H](O)CC/C=C/C=C\[C@@H](O)CCCC(=O)O. The molecule has 0 rings (SSSR count). The van der Waals surface area contributed by atoms with Crippen LogP contribution in [0.25, 0.3) is 0 Å². The van der Waals surface area contributed by atoms with E-state index in [9.17, 15) is 15.0 Å². The lowest BCUT2D eigenvalue weighted by Gasteiger charge is -2.05. The number of hydrogen-bond acceptors (Lipinski definition) is 3. The van der Waals surface area contributed by atoms with Crippen LogP contribution in [0.15, 0.2) is 36.5 Å². The lowest BCUT2D eigenvalue weighted by Crippen LogP contribution is -2.04. The first kappa shape index (κ1) is 22.6. The Morgan fingerprint density at radius 3 is 2.46 bits per heavy atom. The van der Waals surface area contributed by atoms with E-state index >= 15 is 0 Å². The molecule has 3 N–H and O–H groups in total. The Morgan fingerprint density at radius 2 is 1.75 bits per heavy atom. The third kappa shape index (κ3) is 17.0. The predicted molar refractivity (Wildman–Crippen MR) is 98.9 cm³/mol. The van der Waals surface area contributed by atoms with E-state index in [4.69, 9.17) is 5.11 Å². The van der Waals surface area contributed by atoms with Crippen molar-refractivity contribution in [3.8, 4) is 0 Å². The van der Waals surface area contributed by atoms with Crippen LogP contribution >= 0.6 is 0 Å². The van der Waals surface area contributed by atoms with Crippen LogP contribution in [0.4, 0.5) is 0 Å². The summed E-state index contributed by atoms with van der Waals surface area (Å²) in [5.74, 6) is -0.833. The fourth-order valence-electron chi connectivity index (χ4n) is 2.22. The molecule has 0 amide bonds. The standard InChI is InChI=1S/C20H34O4/c1-2-3-4-5-6-9-13-18(21)14-10-7-8-11-15-19(22)16-12-17-20(23)24/h6-9,11,15,18-19,21-22H,2-5,10,12-14,16-17H2,1H3,(H,23,24)/b8-7+,9-6-,15-11-/t18-,19-/m1/s1. The van der Waals surface area contributed by atoms with Crippen molar-refractivity contribution < 1.29 is 20.1 Å². The second-order valence-corrected chi connectivity index (χ2v) is 6.10. The highest BCUT2D eigenvalue weighted by Crippen LogP contribution is 2.06. The summed E-state index contributed by atoms with van der Waals surface area (Å²) in [6, 6.07) is 0. The monoisotopic (exact) mass is 338 g/mol. The number of aliphatic hydroxyl groups is 2. The van der Waals surface area contributed by atoms with Crippen LogP contribution in [0.5, 0.6) is 0 Å². The van der Waals surface area contributed by atoms with Crippen LogP contribution in [0.2, 0.25) is 0 Å². The molecule has 0 saturated carbocycles. The molecule has 0 aliphatic rings. The van der Waals surface area contributed by atoms with Gasteiger partial charge in [-0.25, -0.2) is 0 Å². The molecule has 0 unspecified atom stereocenters. The van der Waals surface area contributed by atoms with Crippen molar-refractivity contribution >= 4 is 5.97 Å². The molecule has 4 nitrogen and oxygen atoms in total. The van der Waals surface area contributed by atoms with Gasteiger partial charge in [-0.15, -0.1) is 0 Å². The Morgan fingerprint density at radius 1 is 0.958 bits per heavy atom. The minimum atomic E-state index is -0.833. The molecule has 0 aromatic heterocycles. The Labute approximate surface area is 146 Å². The first-order chi connectivity index (χ1) is 11.6. The lowest BCUT2D eigenvalue weighted by atomic mass is 10.1. The molecule has 0 radical (unpaired) electrons. The summed E-state index contributed by atoms with van der Waals surface area (Å²) in [4.78, 5) is 10.4. The lowest BCUT2D eigenvalue weighted by molar-refractivity contribution is -0.137. The number of allylic oxidation sites excluding steroid dienone is 4. The molecule has 0 heterocycles. The fourth-order valence-corrected chi connectivity index (χ4v) is 2.22. The van der Waals surface area contributed by atoms with E-state index in [1.165, 1.54) is 19.3 Å². The Kier molecular flexibility index (Phi) is 15.5. The molecule has 0 aromatic carbocycles. The number of rotatable bonds is 15. The Bertz CT molecular complexity index is 385. The van der Waals surface area contributed by atoms with Crippen molar-refractivity contribution in [3.63, 3.8) is 0 Å².